The largest absolute Gasteiger partial charge is 0.493 e. The van der Waals surface area contributed by atoms with E-state index in [1.165, 1.54) is 12.1 Å². The van der Waals surface area contributed by atoms with Crippen molar-refractivity contribution in [3.8, 4) is 5.75 Å². The van der Waals surface area contributed by atoms with Gasteiger partial charge in [0.25, 0.3) is 0 Å². The molecule has 1 saturated carbocycles. The molecule has 0 aliphatic heterocycles. The molecule has 4 nitrogen and oxygen atoms in total. The van der Waals surface area contributed by atoms with E-state index in [9.17, 15) is 9.18 Å². The summed E-state index contributed by atoms with van der Waals surface area (Å²) < 4.78 is 18.9. The van der Waals surface area contributed by atoms with E-state index in [2.05, 4.69) is 10.6 Å². The molecule has 0 bridgehead atoms. The van der Waals surface area contributed by atoms with E-state index < -0.39 is 0 Å². The quantitative estimate of drug-likeness (QED) is 0.765. The molecule has 1 aliphatic rings. The van der Waals surface area contributed by atoms with Crippen LogP contribution in [0, 0.1) is 5.82 Å². The van der Waals surface area contributed by atoms with Crippen molar-refractivity contribution < 1.29 is 13.9 Å². The maximum Gasteiger partial charge on any atom is 0.223 e. The fraction of sp³-hybridized carbons (Fsp3) is 0.533. The minimum absolute atomic E-state index is 0.00299. The number of rotatable bonds is 8. The highest BCUT2D eigenvalue weighted by Crippen LogP contribution is 2.19. The Morgan fingerprint density at radius 3 is 2.90 bits per heavy atom. The predicted molar refractivity (Wildman–Crippen MR) is 75.1 cm³/mol. The lowest BCUT2D eigenvalue weighted by Crippen LogP contribution is -2.26. The average molecular weight is 280 g/mol. The summed E-state index contributed by atoms with van der Waals surface area (Å²) in [4.78, 5) is 11.5. The first kappa shape index (κ1) is 14.8. The van der Waals surface area contributed by atoms with E-state index in [4.69, 9.17) is 4.74 Å². The third-order valence-corrected chi connectivity index (χ3v) is 3.05. The van der Waals surface area contributed by atoms with E-state index >= 15 is 0 Å². The molecule has 1 fully saturated rings. The molecular formula is C15H21FN2O2. The molecule has 2 rings (SSSR count). The van der Waals surface area contributed by atoms with Crippen molar-refractivity contribution in [2.24, 2.45) is 0 Å². The zero-order valence-electron chi connectivity index (χ0n) is 11.7. The van der Waals surface area contributed by atoms with Gasteiger partial charge >= 0.3 is 0 Å². The molecule has 1 amide bonds. The number of nitrogens with one attached hydrogen (secondary N) is 2. The lowest BCUT2D eigenvalue weighted by atomic mass is 10.2. The number of carbonyl (C=O) groups is 1. The number of hydrogen-bond donors (Lipinski definition) is 2. The molecule has 2 N–H and O–H groups in total. The summed E-state index contributed by atoms with van der Waals surface area (Å²) in [6.45, 7) is 3.69. The van der Waals surface area contributed by atoms with Gasteiger partial charge < -0.3 is 15.4 Å². The van der Waals surface area contributed by atoms with Crippen LogP contribution < -0.4 is 15.4 Å². The van der Waals surface area contributed by atoms with Crippen LogP contribution >= 0.6 is 0 Å². The number of halogens is 1. The minimum atomic E-state index is -0.321. The van der Waals surface area contributed by atoms with Crippen LogP contribution in [0.25, 0.3) is 0 Å². The Bertz CT molecular complexity index is 461. The molecule has 0 spiro atoms. The maximum absolute atomic E-state index is 13.4. The van der Waals surface area contributed by atoms with Crippen LogP contribution in [0.15, 0.2) is 18.2 Å². The molecule has 110 valence electrons. The van der Waals surface area contributed by atoms with E-state index in [0.29, 0.717) is 24.8 Å². The maximum atomic E-state index is 13.4. The van der Waals surface area contributed by atoms with Crippen molar-refractivity contribution in [2.75, 3.05) is 13.2 Å². The molecule has 0 saturated heterocycles. The zero-order chi connectivity index (χ0) is 14.4. The second kappa shape index (κ2) is 7.24. The van der Waals surface area contributed by atoms with Crippen molar-refractivity contribution in [2.45, 2.75) is 38.8 Å². The molecule has 0 atom stereocenters. The van der Waals surface area contributed by atoms with Crippen LogP contribution in [-0.4, -0.2) is 25.1 Å². The lowest BCUT2D eigenvalue weighted by molar-refractivity contribution is -0.121. The smallest absolute Gasteiger partial charge is 0.223 e. The van der Waals surface area contributed by atoms with Gasteiger partial charge in [0, 0.05) is 18.7 Å². The molecule has 0 heterocycles. The van der Waals surface area contributed by atoms with Gasteiger partial charge in [-0.2, -0.15) is 0 Å². The summed E-state index contributed by atoms with van der Waals surface area (Å²) in [5.41, 5.74) is 0.837. The summed E-state index contributed by atoms with van der Waals surface area (Å²) >= 11 is 0. The number of amides is 1. The molecule has 5 heteroatoms. The summed E-state index contributed by atoms with van der Waals surface area (Å²) in [5.74, 6) is 0.145. The van der Waals surface area contributed by atoms with Crippen LogP contribution in [0.4, 0.5) is 4.39 Å². The molecule has 20 heavy (non-hydrogen) atoms. The standard InChI is InChI=1S/C15H21FN2O2/c1-2-17-10-11-7-12(16)9-14(8-11)20-6-5-15(19)18-13-3-4-13/h7-9,13,17H,2-6,10H2,1H3,(H,18,19). The topological polar surface area (TPSA) is 50.4 Å². The fourth-order valence-electron chi connectivity index (χ4n) is 1.86. The van der Waals surface area contributed by atoms with Gasteiger partial charge in [0.15, 0.2) is 0 Å². The molecule has 1 aliphatic carbocycles. The first-order valence-corrected chi connectivity index (χ1v) is 7.09. The Balaban J connectivity index is 1.78. The highest BCUT2D eigenvalue weighted by Gasteiger charge is 2.22. The SMILES string of the molecule is CCNCc1cc(F)cc(OCCC(=O)NC2CC2)c1. The normalized spacial score (nSPS) is 14.1. The van der Waals surface area contributed by atoms with E-state index in [-0.39, 0.29) is 18.3 Å². The first-order valence-electron chi connectivity index (χ1n) is 7.09. The summed E-state index contributed by atoms with van der Waals surface area (Å²) in [7, 11) is 0. The Morgan fingerprint density at radius 2 is 2.20 bits per heavy atom. The average Bonchev–Trinajstić information content (AvgIpc) is 3.19. The van der Waals surface area contributed by atoms with Gasteiger partial charge in [0.05, 0.1) is 13.0 Å². The Labute approximate surface area is 118 Å². The van der Waals surface area contributed by atoms with Crippen LogP contribution in [0.2, 0.25) is 0 Å². The highest BCUT2D eigenvalue weighted by atomic mass is 19.1. The van der Waals surface area contributed by atoms with Crippen LogP contribution in [0.1, 0.15) is 31.7 Å². The van der Waals surface area contributed by atoms with Gasteiger partial charge in [-0.25, -0.2) is 4.39 Å². The van der Waals surface area contributed by atoms with Crippen molar-refractivity contribution >= 4 is 5.91 Å². The number of ether oxygens (including phenoxy) is 1. The third-order valence-electron chi connectivity index (χ3n) is 3.05. The summed E-state index contributed by atoms with van der Waals surface area (Å²) in [5, 5.41) is 6.02. The van der Waals surface area contributed by atoms with Crippen LogP contribution in [0.3, 0.4) is 0 Å². The number of benzene rings is 1. The zero-order valence-corrected chi connectivity index (χ0v) is 11.7. The number of hydrogen-bond acceptors (Lipinski definition) is 3. The Morgan fingerprint density at radius 1 is 1.40 bits per heavy atom. The molecular weight excluding hydrogens is 259 g/mol. The van der Waals surface area contributed by atoms with Crippen LogP contribution in [-0.2, 0) is 11.3 Å². The van der Waals surface area contributed by atoms with Gasteiger partial charge in [0.2, 0.25) is 5.91 Å². The van der Waals surface area contributed by atoms with Crippen molar-refractivity contribution in [1.82, 2.24) is 10.6 Å². The second-order valence-corrected chi connectivity index (χ2v) is 5.02. The number of carbonyl (C=O) groups excluding carboxylic acids is 1. The van der Waals surface area contributed by atoms with Crippen molar-refractivity contribution in [3.63, 3.8) is 0 Å². The van der Waals surface area contributed by atoms with E-state index in [1.54, 1.807) is 6.07 Å². The molecule has 0 radical (unpaired) electrons. The summed E-state index contributed by atoms with van der Waals surface area (Å²) in [6, 6.07) is 4.98. The Hall–Kier alpha value is -1.62. The van der Waals surface area contributed by atoms with Crippen molar-refractivity contribution in [1.29, 1.82) is 0 Å². The molecule has 0 aromatic heterocycles. The van der Waals surface area contributed by atoms with E-state index in [1.807, 2.05) is 6.92 Å². The third kappa shape index (κ3) is 5.17. The van der Waals surface area contributed by atoms with Crippen molar-refractivity contribution in [3.05, 3.63) is 29.6 Å². The molecule has 0 unspecified atom stereocenters. The minimum Gasteiger partial charge on any atom is -0.493 e. The van der Waals surface area contributed by atoms with Gasteiger partial charge in [-0.15, -0.1) is 0 Å². The summed E-state index contributed by atoms with van der Waals surface area (Å²) in [6.07, 6.45) is 2.45. The van der Waals surface area contributed by atoms with Gasteiger partial charge in [-0.05, 0) is 37.1 Å². The van der Waals surface area contributed by atoms with Gasteiger partial charge in [-0.1, -0.05) is 6.92 Å². The molecule has 1 aromatic rings. The molecule has 1 aromatic carbocycles. The highest BCUT2D eigenvalue weighted by molar-refractivity contribution is 5.76. The van der Waals surface area contributed by atoms with Gasteiger partial charge in [-0.3, -0.25) is 4.79 Å². The van der Waals surface area contributed by atoms with Gasteiger partial charge in [0.1, 0.15) is 11.6 Å². The van der Waals surface area contributed by atoms with E-state index in [0.717, 1.165) is 24.9 Å². The first-order chi connectivity index (χ1) is 9.67. The fourth-order valence-corrected chi connectivity index (χ4v) is 1.86. The Kier molecular flexibility index (Phi) is 5.35. The second-order valence-electron chi connectivity index (χ2n) is 5.02. The lowest BCUT2D eigenvalue weighted by Gasteiger charge is -2.09. The predicted octanol–water partition coefficient (Wildman–Crippen LogP) is 1.98. The monoisotopic (exact) mass is 280 g/mol. The van der Waals surface area contributed by atoms with Crippen LogP contribution in [0.5, 0.6) is 5.75 Å².